The third kappa shape index (κ3) is 2.37. The average Bonchev–Trinajstić information content (AvgIpc) is 2.14. The van der Waals surface area contributed by atoms with Gasteiger partial charge >= 0.3 is 0 Å². The van der Waals surface area contributed by atoms with E-state index < -0.39 is 0 Å². The van der Waals surface area contributed by atoms with E-state index in [0.717, 1.165) is 25.9 Å². The number of hydrogen-bond donors (Lipinski definition) is 0. The summed E-state index contributed by atoms with van der Waals surface area (Å²) in [7, 11) is 0. The normalized spacial score (nSPS) is 21.4. The van der Waals surface area contributed by atoms with Gasteiger partial charge in [-0.2, -0.15) is 0 Å². The molecule has 0 atom stereocenters. The molecule has 0 aromatic carbocycles. The van der Waals surface area contributed by atoms with E-state index in [2.05, 4.69) is 6.08 Å². The first-order chi connectivity index (χ1) is 6.86. The van der Waals surface area contributed by atoms with Crippen molar-refractivity contribution in [2.75, 3.05) is 13.1 Å². The Morgan fingerprint density at radius 3 is 2.71 bits per heavy atom. The summed E-state index contributed by atoms with van der Waals surface area (Å²) < 4.78 is 0. The lowest BCUT2D eigenvalue weighted by molar-refractivity contribution is -0.134. The van der Waals surface area contributed by atoms with Crippen molar-refractivity contribution >= 4 is 5.91 Å². The summed E-state index contributed by atoms with van der Waals surface area (Å²) in [6.45, 7) is 2.00. The van der Waals surface area contributed by atoms with E-state index in [1.165, 1.54) is 37.7 Å². The molecule has 14 heavy (non-hydrogen) atoms. The average molecular weight is 193 g/mol. The topological polar surface area (TPSA) is 20.3 Å². The molecule has 0 spiro atoms. The molecule has 78 valence electrons. The van der Waals surface area contributed by atoms with Crippen LogP contribution in [0.1, 0.15) is 44.9 Å². The van der Waals surface area contributed by atoms with Crippen molar-refractivity contribution in [2.24, 2.45) is 0 Å². The molecule has 2 nitrogen and oxygen atoms in total. The lowest BCUT2D eigenvalue weighted by Gasteiger charge is -2.31. The van der Waals surface area contributed by atoms with Crippen LogP contribution in [0, 0.1) is 0 Å². The maximum Gasteiger partial charge on any atom is 0.222 e. The molecule has 2 rings (SSSR count). The minimum absolute atomic E-state index is 0.364. The number of carbonyl (C=O) groups is 1. The molecule has 1 aliphatic carbocycles. The Labute approximate surface area is 86.0 Å². The zero-order chi connectivity index (χ0) is 9.80. The number of nitrogens with zero attached hydrogens (tertiary/aromatic N) is 1. The number of allylic oxidation sites excluding steroid dienone is 2. The third-order valence-electron chi connectivity index (χ3n) is 3.25. The summed E-state index contributed by atoms with van der Waals surface area (Å²) in [5.41, 5.74) is 1.52. The Morgan fingerprint density at radius 1 is 1.29 bits per heavy atom. The molecule has 2 heteroatoms. The van der Waals surface area contributed by atoms with E-state index in [1.807, 2.05) is 4.90 Å². The predicted molar refractivity (Wildman–Crippen MR) is 57.0 cm³/mol. The predicted octanol–water partition coefficient (Wildman–Crippen LogP) is 2.50. The number of rotatable bonds is 3. The van der Waals surface area contributed by atoms with Crippen LogP contribution in [0.5, 0.6) is 0 Å². The SMILES string of the molecule is O=C(CCC1=CCCCC1)N1CCC1. The van der Waals surface area contributed by atoms with Gasteiger partial charge in [0, 0.05) is 19.5 Å². The maximum atomic E-state index is 11.6. The molecule has 1 heterocycles. The summed E-state index contributed by atoms with van der Waals surface area (Å²) in [6.07, 6.45) is 10.4. The lowest BCUT2D eigenvalue weighted by atomic mass is 9.96. The Kier molecular flexibility index (Phi) is 3.22. The molecule has 1 saturated heterocycles. The Balaban J connectivity index is 1.70. The highest BCUT2D eigenvalue weighted by Crippen LogP contribution is 2.22. The summed E-state index contributed by atoms with van der Waals surface area (Å²) in [5.74, 6) is 0.364. The van der Waals surface area contributed by atoms with Gasteiger partial charge in [0.1, 0.15) is 0 Å². The van der Waals surface area contributed by atoms with Gasteiger partial charge in [0.2, 0.25) is 5.91 Å². The molecular weight excluding hydrogens is 174 g/mol. The van der Waals surface area contributed by atoms with Gasteiger partial charge in [0.05, 0.1) is 0 Å². The molecule has 1 fully saturated rings. The van der Waals surface area contributed by atoms with Gasteiger partial charge in [0.15, 0.2) is 0 Å². The smallest absolute Gasteiger partial charge is 0.222 e. The van der Waals surface area contributed by atoms with Crippen molar-refractivity contribution in [1.82, 2.24) is 4.90 Å². The Hall–Kier alpha value is -0.790. The van der Waals surface area contributed by atoms with E-state index in [0.29, 0.717) is 5.91 Å². The second-order valence-electron chi connectivity index (χ2n) is 4.34. The molecule has 0 N–H and O–H groups in total. The van der Waals surface area contributed by atoms with Crippen LogP contribution in [-0.4, -0.2) is 23.9 Å². The molecule has 0 aromatic rings. The second-order valence-corrected chi connectivity index (χ2v) is 4.34. The highest BCUT2D eigenvalue weighted by atomic mass is 16.2. The van der Waals surface area contributed by atoms with Gasteiger partial charge in [-0.15, -0.1) is 0 Å². The zero-order valence-electron chi connectivity index (χ0n) is 8.80. The van der Waals surface area contributed by atoms with Crippen LogP contribution >= 0.6 is 0 Å². The van der Waals surface area contributed by atoms with Crippen molar-refractivity contribution in [3.05, 3.63) is 11.6 Å². The van der Waals surface area contributed by atoms with Gasteiger partial charge in [-0.25, -0.2) is 0 Å². The summed E-state index contributed by atoms with van der Waals surface area (Å²) >= 11 is 0. The third-order valence-corrected chi connectivity index (χ3v) is 3.25. The molecule has 0 bridgehead atoms. The van der Waals surface area contributed by atoms with Crippen LogP contribution < -0.4 is 0 Å². The van der Waals surface area contributed by atoms with Crippen molar-refractivity contribution < 1.29 is 4.79 Å². The highest BCUT2D eigenvalue weighted by Gasteiger charge is 2.19. The van der Waals surface area contributed by atoms with Crippen LogP contribution in [0.25, 0.3) is 0 Å². The number of hydrogen-bond acceptors (Lipinski definition) is 1. The van der Waals surface area contributed by atoms with E-state index in [-0.39, 0.29) is 0 Å². The first-order valence-corrected chi connectivity index (χ1v) is 5.82. The fourth-order valence-electron chi connectivity index (χ4n) is 2.12. The van der Waals surface area contributed by atoms with Crippen LogP contribution in [0.2, 0.25) is 0 Å². The monoisotopic (exact) mass is 193 g/mol. The molecule has 0 unspecified atom stereocenters. The first-order valence-electron chi connectivity index (χ1n) is 5.82. The minimum Gasteiger partial charge on any atom is -0.343 e. The first kappa shape index (κ1) is 9.75. The van der Waals surface area contributed by atoms with E-state index in [9.17, 15) is 4.79 Å². The molecule has 0 aromatic heterocycles. The fourth-order valence-corrected chi connectivity index (χ4v) is 2.12. The van der Waals surface area contributed by atoms with Crippen molar-refractivity contribution in [1.29, 1.82) is 0 Å². The standard InChI is InChI=1S/C12H19NO/c14-12(13-9-4-10-13)8-7-11-5-2-1-3-6-11/h5H,1-4,6-10H2. The van der Waals surface area contributed by atoms with E-state index >= 15 is 0 Å². The van der Waals surface area contributed by atoms with Gasteiger partial charge in [-0.05, 0) is 38.5 Å². The Morgan fingerprint density at radius 2 is 2.14 bits per heavy atom. The quantitative estimate of drug-likeness (QED) is 0.631. The summed E-state index contributed by atoms with van der Waals surface area (Å²) in [6, 6.07) is 0. The minimum atomic E-state index is 0.364. The maximum absolute atomic E-state index is 11.6. The zero-order valence-corrected chi connectivity index (χ0v) is 8.80. The van der Waals surface area contributed by atoms with Gasteiger partial charge in [0.25, 0.3) is 0 Å². The molecule has 0 saturated carbocycles. The summed E-state index contributed by atoms with van der Waals surface area (Å²) in [5, 5.41) is 0. The van der Waals surface area contributed by atoms with Crippen LogP contribution in [-0.2, 0) is 4.79 Å². The van der Waals surface area contributed by atoms with Crippen LogP contribution in [0.15, 0.2) is 11.6 Å². The van der Waals surface area contributed by atoms with E-state index in [1.54, 1.807) is 0 Å². The molecule has 0 radical (unpaired) electrons. The number of amides is 1. The van der Waals surface area contributed by atoms with Crippen molar-refractivity contribution in [2.45, 2.75) is 44.9 Å². The van der Waals surface area contributed by atoms with Crippen LogP contribution in [0.3, 0.4) is 0 Å². The van der Waals surface area contributed by atoms with Crippen molar-refractivity contribution in [3.8, 4) is 0 Å². The largest absolute Gasteiger partial charge is 0.343 e. The van der Waals surface area contributed by atoms with Crippen LogP contribution in [0.4, 0.5) is 0 Å². The lowest BCUT2D eigenvalue weighted by Crippen LogP contribution is -2.41. The van der Waals surface area contributed by atoms with Gasteiger partial charge in [-0.3, -0.25) is 4.79 Å². The second kappa shape index (κ2) is 4.63. The molecule has 1 amide bonds. The summed E-state index contributed by atoms with van der Waals surface area (Å²) in [4.78, 5) is 13.5. The van der Waals surface area contributed by atoms with Crippen molar-refractivity contribution in [3.63, 3.8) is 0 Å². The van der Waals surface area contributed by atoms with E-state index in [4.69, 9.17) is 0 Å². The highest BCUT2D eigenvalue weighted by molar-refractivity contribution is 5.77. The fraction of sp³-hybridized carbons (Fsp3) is 0.750. The van der Waals surface area contributed by atoms with Gasteiger partial charge in [-0.1, -0.05) is 11.6 Å². The Bertz CT molecular complexity index is 241. The molecule has 1 aliphatic heterocycles. The van der Waals surface area contributed by atoms with Gasteiger partial charge < -0.3 is 4.90 Å². The molecule has 2 aliphatic rings. The number of likely N-dealkylation sites (tertiary alicyclic amines) is 1. The molecular formula is C12H19NO. The number of carbonyl (C=O) groups excluding carboxylic acids is 1.